The van der Waals surface area contributed by atoms with Gasteiger partial charge >= 0.3 is 5.97 Å². The summed E-state index contributed by atoms with van der Waals surface area (Å²) < 4.78 is 6.23. The molecule has 2 heterocycles. The highest BCUT2D eigenvalue weighted by molar-refractivity contribution is 7.98. The van der Waals surface area contributed by atoms with Crippen molar-refractivity contribution in [2.45, 2.75) is 177 Å². The number of ether oxygens (including phenoxy) is 1. The zero-order valence-electron chi connectivity index (χ0n) is 52.0. The molecule has 0 fully saturated rings. The van der Waals surface area contributed by atoms with E-state index in [0.29, 0.717) is 48.3 Å². The SMILES string of the molecule is CC(C)C[C@@H]1NC(=O)[C@H](Cc2ccccc2)NC(=O)[C@@H]2CSCc3cc(cc(c3)OCCCCCCO/N=C/C(=O)N[C@@H]([C@@H](C)O)C(=O)N2)CSC[C@@H](C(N)=O)NC(=O)[C@H](CC(N)=O)NC(=O)[C@H](CCCCN)NC(=O)C(C(C)C)NC(=O)[C@H](CC(=O)O)NC1=O. The fourth-order valence-electron chi connectivity index (χ4n) is 9.48. The summed E-state index contributed by atoms with van der Waals surface area (Å²) in [7, 11) is 0. The van der Waals surface area contributed by atoms with Crippen molar-refractivity contribution in [3.05, 3.63) is 65.2 Å². The number of primary amides is 2. The fraction of sp³-hybridized carbons (Fsp3) is 0.583. The van der Waals surface area contributed by atoms with Crippen LogP contribution in [0.5, 0.6) is 5.75 Å². The van der Waals surface area contributed by atoms with Gasteiger partial charge in [0.2, 0.25) is 59.1 Å². The number of carbonyl (C=O) groups excluding carboxylic acids is 11. The van der Waals surface area contributed by atoms with Gasteiger partial charge in [0.1, 0.15) is 72.9 Å². The Balaban J connectivity index is 1.89. The summed E-state index contributed by atoms with van der Waals surface area (Å²) in [4.78, 5) is 171. The highest BCUT2D eigenvalue weighted by atomic mass is 32.2. The van der Waals surface area contributed by atoms with Crippen LogP contribution in [-0.2, 0) is 80.3 Å². The van der Waals surface area contributed by atoms with Crippen molar-refractivity contribution < 1.29 is 77.3 Å². The molecule has 4 rings (SSSR count). The smallest absolute Gasteiger partial charge is 0.305 e. The maximum Gasteiger partial charge on any atom is 0.305 e. The second kappa shape index (κ2) is 39.3. The van der Waals surface area contributed by atoms with Crippen LogP contribution in [0.25, 0.3) is 0 Å². The molecular weight excluding hydrogens is 1220 g/mol. The molecule has 17 N–H and O–H groups in total. The van der Waals surface area contributed by atoms with Crippen LogP contribution >= 0.6 is 23.5 Å². The largest absolute Gasteiger partial charge is 0.494 e. The lowest BCUT2D eigenvalue weighted by molar-refractivity contribution is -0.142. The van der Waals surface area contributed by atoms with Gasteiger partial charge < -0.3 is 84.8 Å². The van der Waals surface area contributed by atoms with E-state index in [2.05, 4.69) is 53.0 Å². The van der Waals surface area contributed by atoms with Crippen molar-refractivity contribution in [1.29, 1.82) is 0 Å². The number of fused-ring (bicyclic) bond motifs is 5. The number of carboxylic acids is 1. The predicted molar refractivity (Wildman–Crippen MR) is 339 cm³/mol. The Hall–Kier alpha value is -8.03. The first kappa shape index (κ1) is 75.4. The van der Waals surface area contributed by atoms with Crippen LogP contribution in [0.4, 0.5) is 0 Å². The predicted octanol–water partition coefficient (Wildman–Crippen LogP) is -1.23. The number of carbonyl (C=O) groups is 12. The van der Waals surface area contributed by atoms with E-state index in [1.165, 1.54) is 44.3 Å². The van der Waals surface area contributed by atoms with Gasteiger partial charge in [-0.05, 0) is 105 Å². The second-order valence-electron chi connectivity index (χ2n) is 23.0. The maximum absolute atomic E-state index is 14.8. The van der Waals surface area contributed by atoms with Gasteiger partial charge in [-0.15, -0.1) is 0 Å². The number of nitrogens with one attached hydrogen (secondary N) is 9. The van der Waals surface area contributed by atoms with Crippen LogP contribution in [0.1, 0.15) is 116 Å². The molecule has 10 atom stereocenters. The number of aliphatic carboxylic acids is 1. The summed E-state index contributed by atoms with van der Waals surface area (Å²) in [6.07, 6.45) is 0.496. The molecule has 0 radical (unpaired) electrons. The van der Waals surface area contributed by atoms with Gasteiger partial charge in [0.25, 0.3) is 5.91 Å². The van der Waals surface area contributed by atoms with Gasteiger partial charge in [0.15, 0.2) is 0 Å². The van der Waals surface area contributed by atoms with Crippen molar-refractivity contribution in [2.24, 2.45) is 34.2 Å². The molecule has 0 aromatic heterocycles. The minimum absolute atomic E-state index is 0.0728. The zero-order valence-corrected chi connectivity index (χ0v) is 53.6. The molecule has 2 aliphatic heterocycles. The van der Waals surface area contributed by atoms with E-state index in [1.807, 2.05) is 6.07 Å². The second-order valence-corrected chi connectivity index (χ2v) is 25.1. The molecule has 0 spiro atoms. The molecule has 502 valence electrons. The maximum atomic E-state index is 14.8. The van der Waals surface area contributed by atoms with Crippen LogP contribution in [0.15, 0.2) is 53.7 Å². The highest BCUT2D eigenvalue weighted by Crippen LogP contribution is 2.26. The van der Waals surface area contributed by atoms with E-state index in [4.69, 9.17) is 26.8 Å². The number of rotatable bonds is 15. The topological polar surface area (TPSA) is 462 Å². The number of hydrogen-bond donors (Lipinski definition) is 14. The number of thioether (sulfide) groups is 2. The monoisotopic (exact) mass is 1310 g/mol. The minimum Gasteiger partial charge on any atom is -0.494 e. The summed E-state index contributed by atoms with van der Waals surface area (Å²) in [5.41, 5.74) is 19.0. The third-order valence-electron chi connectivity index (χ3n) is 14.3. The Morgan fingerprint density at radius 2 is 1.18 bits per heavy atom. The minimum atomic E-state index is -1.88. The van der Waals surface area contributed by atoms with Crippen LogP contribution in [-0.4, -0.2) is 179 Å². The third kappa shape index (κ3) is 27.5. The lowest BCUT2D eigenvalue weighted by Gasteiger charge is -2.29. The van der Waals surface area contributed by atoms with Crippen molar-refractivity contribution >= 4 is 101 Å². The molecule has 0 aliphatic carbocycles. The molecule has 2 aromatic rings. The Labute approximate surface area is 537 Å². The number of unbranched alkanes of at least 4 members (excludes halogenated alkanes) is 1. The Kier molecular flexibility index (Phi) is 32.6. The lowest BCUT2D eigenvalue weighted by atomic mass is 9.99. The number of amides is 11. The normalized spacial score (nSPS) is 24.9. The Bertz CT molecular complexity index is 2850. The van der Waals surface area contributed by atoms with Crippen LogP contribution < -0.4 is 69.8 Å². The van der Waals surface area contributed by atoms with E-state index in [9.17, 15) is 67.7 Å². The van der Waals surface area contributed by atoms with Gasteiger partial charge in [-0.3, -0.25) is 57.5 Å². The van der Waals surface area contributed by atoms with E-state index in [-0.39, 0.29) is 67.8 Å². The van der Waals surface area contributed by atoms with E-state index in [0.717, 1.165) is 19.1 Å². The molecule has 4 bridgehead atoms. The molecule has 0 saturated carbocycles. The molecule has 11 amide bonds. The van der Waals surface area contributed by atoms with Gasteiger partial charge in [-0.1, -0.05) is 69.2 Å². The molecule has 0 saturated heterocycles. The van der Waals surface area contributed by atoms with Crippen LogP contribution in [0, 0.1) is 11.8 Å². The average molecular weight is 1310 g/mol. The fourth-order valence-corrected chi connectivity index (χ4v) is 11.5. The first-order valence-corrected chi connectivity index (χ1v) is 32.6. The van der Waals surface area contributed by atoms with E-state index in [1.54, 1.807) is 56.3 Å². The number of oxime groups is 1. The molecule has 91 heavy (non-hydrogen) atoms. The number of carboxylic acid groups (broad SMARTS) is 1. The first-order chi connectivity index (χ1) is 43.2. The number of aliphatic hydroxyl groups excluding tert-OH is 1. The lowest BCUT2D eigenvalue weighted by Crippen LogP contribution is -2.62. The van der Waals surface area contributed by atoms with Crippen molar-refractivity contribution in [1.82, 2.24) is 47.9 Å². The summed E-state index contributed by atoms with van der Waals surface area (Å²) in [6, 6.07) is -0.133. The van der Waals surface area contributed by atoms with Gasteiger partial charge in [-0.2, -0.15) is 23.5 Å². The summed E-state index contributed by atoms with van der Waals surface area (Å²) in [5, 5.41) is 47.4. The molecule has 31 heteroatoms. The molecular formula is C60H89N13O16S2. The summed E-state index contributed by atoms with van der Waals surface area (Å²) in [5.74, 6) is -12.9. The van der Waals surface area contributed by atoms with Crippen molar-refractivity contribution in [3.63, 3.8) is 0 Å². The number of nitrogens with two attached hydrogens (primary N) is 3. The van der Waals surface area contributed by atoms with Gasteiger partial charge in [0.05, 0.1) is 25.6 Å². The van der Waals surface area contributed by atoms with Crippen molar-refractivity contribution in [3.8, 4) is 5.75 Å². The Morgan fingerprint density at radius 3 is 1.78 bits per heavy atom. The molecule has 2 aliphatic rings. The van der Waals surface area contributed by atoms with E-state index >= 15 is 0 Å². The molecule has 1 unspecified atom stereocenters. The zero-order chi connectivity index (χ0) is 67.2. The van der Waals surface area contributed by atoms with Crippen LogP contribution in [0.3, 0.4) is 0 Å². The average Bonchev–Trinajstić information content (AvgIpc) is 1.52. The summed E-state index contributed by atoms with van der Waals surface area (Å²) >= 11 is 2.36. The highest BCUT2D eigenvalue weighted by Gasteiger charge is 2.38. The first-order valence-electron chi connectivity index (χ1n) is 30.3. The van der Waals surface area contributed by atoms with Crippen LogP contribution in [0.2, 0.25) is 0 Å². The van der Waals surface area contributed by atoms with Gasteiger partial charge in [-0.25, -0.2) is 0 Å². The number of nitrogens with zero attached hydrogens (tertiary/aromatic N) is 1. The quantitative estimate of drug-likeness (QED) is 0.0929. The molecule has 2 aromatic carbocycles. The molecule has 29 nitrogen and oxygen atoms in total. The van der Waals surface area contributed by atoms with Crippen molar-refractivity contribution in [2.75, 3.05) is 31.3 Å². The van der Waals surface area contributed by atoms with E-state index < -0.39 is 150 Å². The number of aliphatic hydroxyl groups is 1. The summed E-state index contributed by atoms with van der Waals surface area (Å²) in [6.45, 7) is 8.43. The van der Waals surface area contributed by atoms with Gasteiger partial charge in [0, 0.05) is 29.4 Å². The Morgan fingerprint density at radius 1 is 0.615 bits per heavy atom. The standard InChI is InChI=1S/C60H89N13O16S2/c1-33(2)21-41-54(81)69-44(27-49(77)78)57(84)73-50(34(3)4)59(86)65-40(17-11-12-18-61)53(80)68-43(26-47(62)75)56(83)70-45(52(63)79)31-90-29-37-22-38-24-39(23-37)88-19-13-6-7-14-20-89-64-28-48(76)72-51(35(5)74)60(87)71-46(32-91-30-38)58(85)67-42(55(82)66-41)25-36-15-9-8-10-16-36/h8-10,15-16,22-24,28,33-35,40-46,50-51,74H,6-7,11-14,17-21,25-27,29-32,61H2,1-5H3,(H2,62,75)(H2,63,79)(H,65,86)(H,66,82)(H,67,85)(H,68,80)(H,69,81)(H,70,83)(H,71,87)(H,72,76)(H,73,84)(H,77,78)/b64-28+/t35-,40+,41+,42+,43+,44+,45+,46+,50?,51+/m1/s1. The third-order valence-corrected chi connectivity index (χ3v) is 16.5. The number of hydrogen-bond acceptors (Lipinski definition) is 19. The number of benzene rings is 2.